The number of nitrogens with zero attached hydrogens (tertiary/aromatic N) is 2. The van der Waals surface area contributed by atoms with Gasteiger partial charge >= 0.3 is 0 Å². The van der Waals surface area contributed by atoms with E-state index >= 15 is 0 Å². The van der Waals surface area contributed by atoms with Crippen LogP contribution in [-0.4, -0.2) is 29.1 Å². The average Bonchev–Trinajstić information content (AvgIpc) is 2.60. The van der Waals surface area contributed by atoms with E-state index in [1.165, 1.54) is 0 Å². The number of aliphatic hydroxyl groups excluding tert-OH is 1. The Morgan fingerprint density at radius 3 is 2.62 bits per heavy atom. The Hall–Kier alpha value is -2.40. The van der Waals surface area contributed by atoms with E-state index in [1.54, 1.807) is 0 Å². The van der Waals surface area contributed by atoms with Crippen molar-refractivity contribution in [1.29, 1.82) is 0 Å². The van der Waals surface area contributed by atoms with Crippen LogP contribution in [0.25, 0.3) is 0 Å². The second-order valence-corrected chi connectivity index (χ2v) is 5.61. The number of hydrogen-bond donors (Lipinski definition) is 3. The maximum absolute atomic E-state index is 10.2. The van der Waals surface area contributed by atoms with Gasteiger partial charge in [-0.3, -0.25) is 4.98 Å². The van der Waals surface area contributed by atoms with Gasteiger partial charge in [0.25, 0.3) is 0 Å². The van der Waals surface area contributed by atoms with E-state index in [4.69, 9.17) is 0 Å². The first-order chi connectivity index (χ1) is 11.7. The Bertz CT molecular complexity index is 643. The van der Waals surface area contributed by atoms with Crippen molar-refractivity contribution >= 4 is 5.96 Å². The second kappa shape index (κ2) is 9.67. The van der Waals surface area contributed by atoms with Crippen molar-refractivity contribution in [2.24, 2.45) is 4.99 Å². The Morgan fingerprint density at radius 2 is 1.92 bits per heavy atom. The molecule has 0 bridgehead atoms. The molecule has 0 aliphatic rings. The summed E-state index contributed by atoms with van der Waals surface area (Å²) in [4.78, 5) is 9.00. The number of nitrogens with one attached hydrogen (secondary N) is 2. The summed E-state index contributed by atoms with van der Waals surface area (Å²) in [5, 5.41) is 16.7. The molecule has 0 saturated heterocycles. The lowest BCUT2D eigenvalue weighted by Crippen LogP contribution is -2.38. The van der Waals surface area contributed by atoms with Crippen LogP contribution in [0.1, 0.15) is 36.4 Å². The normalized spacial score (nSPS) is 12.7. The zero-order valence-electron chi connectivity index (χ0n) is 14.4. The smallest absolute Gasteiger partial charge is 0.191 e. The number of aromatic nitrogens is 1. The van der Waals surface area contributed by atoms with Crippen LogP contribution in [0.4, 0.5) is 0 Å². The molecule has 0 aliphatic heterocycles. The number of guanidine groups is 1. The summed E-state index contributed by atoms with van der Waals surface area (Å²) in [5.74, 6) is 0.737. The number of pyridine rings is 1. The molecular formula is C19H26N4O. The molecule has 0 aliphatic carbocycles. The van der Waals surface area contributed by atoms with Crippen molar-refractivity contribution in [3.63, 3.8) is 0 Å². The highest BCUT2D eigenvalue weighted by Crippen LogP contribution is 2.14. The van der Waals surface area contributed by atoms with Crippen LogP contribution in [0, 0.1) is 6.92 Å². The summed E-state index contributed by atoms with van der Waals surface area (Å²) < 4.78 is 0. The molecule has 1 atom stereocenters. The zero-order valence-corrected chi connectivity index (χ0v) is 14.4. The molecule has 1 heterocycles. The highest BCUT2D eigenvalue weighted by molar-refractivity contribution is 5.79. The lowest BCUT2D eigenvalue weighted by molar-refractivity contribution is 0.168. The van der Waals surface area contributed by atoms with E-state index in [1.807, 2.05) is 62.4 Å². The molecule has 0 fully saturated rings. The molecule has 5 heteroatoms. The van der Waals surface area contributed by atoms with Crippen LogP contribution in [0.2, 0.25) is 0 Å². The van der Waals surface area contributed by atoms with E-state index in [9.17, 15) is 5.11 Å². The van der Waals surface area contributed by atoms with Gasteiger partial charge in [0.15, 0.2) is 5.96 Å². The van der Waals surface area contributed by atoms with Crippen LogP contribution >= 0.6 is 0 Å². The fraction of sp³-hybridized carbons (Fsp3) is 0.368. The van der Waals surface area contributed by atoms with Gasteiger partial charge in [-0.2, -0.15) is 0 Å². The maximum atomic E-state index is 10.2. The molecule has 1 aromatic heterocycles. The molecule has 0 radical (unpaired) electrons. The molecule has 128 valence electrons. The van der Waals surface area contributed by atoms with Gasteiger partial charge in [-0.05, 0) is 38.0 Å². The largest absolute Gasteiger partial charge is 0.388 e. The maximum Gasteiger partial charge on any atom is 0.191 e. The Labute approximate surface area is 143 Å². The van der Waals surface area contributed by atoms with Gasteiger partial charge in [0, 0.05) is 18.8 Å². The van der Waals surface area contributed by atoms with Gasteiger partial charge in [-0.25, -0.2) is 4.99 Å². The third kappa shape index (κ3) is 6.01. The Kier molecular flexibility index (Phi) is 7.23. The van der Waals surface area contributed by atoms with Crippen molar-refractivity contribution in [1.82, 2.24) is 15.6 Å². The van der Waals surface area contributed by atoms with Gasteiger partial charge in [-0.15, -0.1) is 0 Å². The minimum Gasteiger partial charge on any atom is -0.388 e. The van der Waals surface area contributed by atoms with E-state index < -0.39 is 6.10 Å². The van der Waals surface area contributed by atoms with Crippen LogP contribution in [0.3, 0.4) is 0 Å². The van der Waals surface area contributed by atoms with Crippen LogP contribution in [0.5, 0.6) is 0 Å². The quantitative estimate of drug-likeness (QED) is 0.540. The minimum atomic E-state index is -0.472. The predicted molar refractivity (Wildman–Crippen MR) is 97.8 cm³/mol. The number of rotatable bonds is 7. The number of hydrogen-bond acceptors (Lipinski definition) is 3. The fourth-order valence-corrected chi connectivity index (χ4v) is 2.36. The number of aryl methyl sites for hydroxylation is 1. The summed E-state index contributed by atoms with van der Waals surface area (Å²) in [6.07, 6.45) is 0.150. The lowest BCUT2D eigenvalue weighted by atomic mass is 10.1. The van der Waals surface area contributed by atoms with E-state index in [-0.39, 0.29) is 0 Å². The van der Waals surface area contributed by atoms with Gasteiger partial charge in [0.2, 0.25) is 0 Å². The molecule has 1 aromatic carbocycles. The molecule has 5 nitrogen and oxygen atoms in total. The standard InChI is InChI=1S/C19H26N4O/c1-3-20-19(22-14-17-11-7-8-15(2)23-17)21-13-12-18(24)16-9-5-4-6-10-16/h4-11,18,24H,3,12-14H2,1-2H3,(H2,20,21,22). The topological polar surface area (TPSA) is 69.5 Å². The van der Waals surface area contributed by atoms with Crippen molar-refractivity contribution < 1.29 is 5.11 Å². The van der Waals surface area contributed by atoms with Gasteiger partial charge in [0.1, 0.15) is 0 Å². The fourth-order valence-electron chi connectivity index (χ4n) is 2.36. The number of benzene rings is 1. The monoisotopic (exact) mass is 326 g/mol. The van der Waals surface area contributed by atoms with Crippen LogP contribution in [-0.2, 0) is 6.54 Å². The van der Waals surface area contributed by atoms with Crippen molar-refractivity contribution in [3.05, 3.63) is 65.5 Å². The average molecular weight is 326 g/mol. The molecule has 24 heavy (non-hydrogen) atoms. The second-order valence-electron chi connectivity index (χ2n) is 5.61. The predicted octanol–water partition coefficient (Wildman–Crippen LogP) is 2.57. The van der Waals surface area contributed by atoms with Crippen molar-refractivity contribution in [3.8, 4) is 0 Å². The summed E-state index contributed by atoms with van der Waals surface area (Å²) in [6.45, 7) is 5.96. The zero-order chi connectivity index (χ0) is 17.2. The highest BCUT2D eigenvalue weighted by Gasteiger charge is 2.07. The molecule has 1 unspecified atom stereocenters. The van der Waals surface area contributed by atoms with E-state index in [0.29, 0.717) is 19.5 Å². The van der Waals surface area contributed by atoms with E-state index in [0.717, 1.165) is 29.5 Å². The third-order valence-electron chi connectivity index (χ3n) is 3.58. The van der Waals surface area contributed by atoms with Crippen molar-refractivity contribution in [2.75, 3.05) is 13.1 Å². The molecule has 2 aromatic rings. The molecule has 2 rings (SSSR count). The first kappa shape index (κ1) is 17.9. The van der Waals surface area contributed by atoms with Gasteiger partial charge in [-0.1, -0.05) is 36.4 Å². The van der Waals surface area contributed by atoms with Gasteiger partial charge in [0.05, 0.1) is 18.3 Å². The summed E-state index contributed by atoms with van der Waals surface area (Å²) >= 11 is 0. The molecule has 0 spiro atoms. The highest BCUT2D eigenvalue weighted by atomic mass is 16.3. The van der Waals surface area contributed by atoms with Crippen molar-refractivity contribution in [2.45, 2.75) is 32.9 Å². The molecule has 0 saturated carbocycles. The van der Waals surface area contributed by atoms with Crippen LogP contribution < -0.4 is 10.6 Å². The SMILES string of the molecule is CCNC(=NCc1cccc(C)n1)NCCC(O)c1ccccc1. The number of aliphatic imine (C=N–C) groups is 1. The first-order valence-electron chi connectivity index (χ1n) is 8.36. The molecular weight excluding hydrogens is 300 g/mol. The van der Waals surface area contributed by atoms with Crippen LogP contribution in [0.15, 0.2) is 53.5 Å². The summed E-state index contributed by atoms with van der Waals surface area (Å²) in [6, 6.07) is 15.6. The lowest BCUT2D eigenvalue weighted by Gasteiger charge is -2.14. The first-order valence-corrected chi connectivity index (χ1v) is 8.36. The number of aliphatic hydroxyl groups is 1. The van der Waals surface area contributed by atoms with Gasteiger partial charge < -0.3 is 15.7 Å². The minimum absolute atomic E-state index is 0.472. The molecule has 0 amide bonds. The summed E-state index contributed by atoms with van der Waals surface area (Å²) in [7, 11) is 0. The Balaban J connectivity index is 1.85. The van der Waals surface area contributed by atoms with E-state index in [2.05, 4.69) is 20.6 Å². The molecule has 3 N–H and O–H groups in total. The third-order valence-corrected chi connectivity index (χ3v) is 3.58. The Morgan fingerprint density at radius 1 is 1.12 bits per heavy atom. The summed E-state index contributed by atoms with van der Waals surface area (Å²) in [5.41, 5.74) is 2.87.